The molecule has 6 N–H and O–H groups in total. The van der Waals surface area contributed by atoms with Gasteiger partial charge in [-0.2, -0.15) is 0 Å². The van der Waals surface area contributed by atoms with Crippen LogP contribution in [0, 0.1) is 0 Å². The third kappa shape index (κ3) is 6.38. The van der Waals surface area contributed by atoms with Gasteiger partial charge in [0.05, 0.1) is 25.1 Å². The Morgan fingerprint density at radius 1 is 1.07 bits per heavy atom. The standard InChI is InChI=1S/C26H32N8O9/c35-10-15-19(21(40)22(41)26(43-15)32-24-20-23(28-11-27-20)29-12-30-24)31-25(42)14-8-13(36)9-34(14)16(37)4-2-1-3-7-33-17(38)5-6-18(33)39/h5-6,11-15,19,21,26,35-36,40H,1-4,7-10H2,(H,31,42)(H2,27,28,29,30,32)/t13-,14-,15+,19?,21-,26?/m1/s1. The third-order valence-electron chi connectivity index (χ3n) is 7.66. The summed E-state index contributed by atoms with van der Waals surface area (Å²) >= 11 is 0. The predicted octanol–water partition coefficient (Wildman–Crippen LogP) is -2.66. The molecule has 6 atom stereocenters. The lowest BCUT2D eigenvalue weighted by Gasteiger charge is -2.39. The molecule has 4 amide bonds. The molecule has 2 saturated heterocycles. The number of aliphatic hydroxyl groups is 3. The lowest BCUT2D eigenvalue weighted by molar-refractivity contribution is -0.165. The Kier molecular flexibility index (Phi) is 9.05. The van der Waals surface area contributed by atoms with Crippen LogP contribution in [0.15, 0.2) is 24.8 Å². The zero-order valence-corrected chi connectivity index (χ0v) is 23.0. The number of imidazole rings is 1. The summed E-state index contributed by atoms with van der Waals surface area (Å²) in [5.41, 5.74) is 0.721. The largest absolute Gasteiger partial charge is 0.394 e. The van der Waals surface area contributed by atoms with Crippen molar-refractivity contribution in [3.8, 4) is 0 Å². The van der Waals surface area contributed by atoms with E-state index in [0.717, 1.165) is 4.90 Å². The highest BCUT2D eigenvalue weighted by Crippen LogP contribution is 2.24. The van der Waals surface area contributed by atoms with E-state index in [0.29, 0.717) is 30.4 Å². The Morgan fingerprint density at radius 3 is 2.58 bits per heavy atom. The predicted molar refractivity (Wildman–Crippen MR) is 144 cm³/mol. The van der Waals surface area contributed by atoms with E-state index in [1.807, 2.05) is 0 Å². The smallest absolute Gasteiger partial charge is 0.253 e. The van der Waals surface area contributed by atoms with Crippen LogP contribution in [0.3, 0.4) is 0 Å². The van der Waals surface area contributed by atoms with Gasteiger partial charge in [-0.25, -0.2) is 15.0 Å². The molecule has 3 aliphatic heterocycles. The van der Waals surface area contributed by atoms with Gasteiger partial charge >= 0.3 is 0 Å². The van der Waals surface area contributed by atoms with Crippen LogP contribution in [0.25, 0.3) is 11.2 Å². The Hall–Kier alpha value is -4.32. The van der Waals surface area contributed by atoms with Crippen LogP contribution >= 0.6 is 0 Å². The summed E-state index contributed by atoms with van der Waals surface area (Å²) in [5, 5.41) is 36.3. The summed E-state index contributed by atoms with van der Waals surface area (Å²) in [5.74, 6) is -2.48. The average Bonchev–Trinajstić information content (AvgIpc) is 3.71. The number of nitrogens with one attached hydrogen (secondary N) is 3. The second-order valence-corrected chi connectivity index (χ2v) is 10.5. The number of likely N-dealkylation sites (tertiary alicyclic amines) is 1. The van der Waals surface area contributed by atoms with E-state index in [1.165, 1.54) is 29.7 Å². The fourth-order valence-electron chi connectivity index (χ4n) is 5.41. The molecule has 0 aliphatic carbocycles. The van der Waals surface area contributed by atoms with Crippen LogP contribution in [0.1, 0.15) is 32.1 Å². The fraction of sp³-hybridized carbons (Fsp3) is 0.538. The van der Waals surface area contributed by atoms with Crippen LogP contribution in [0.4, 0.5) is 5.82 Å². The van der Waals surface area contributed by atoms with Crippen LogP contribution < -0.4 is 10.6 Å². The van der Waals surface area contributed by atoms with Crippen molar-refractivity contribution in [2.24, 2.45) is 0 Å². The van der Waals surface area contributed by atoms with Gasteiger partial charge in [-0.05, 0) is 12.8 Å². The van der Waals surface area contributed by atoms with Crippen molar-refractivity contribution in [2.45, 2.75) is 68.7 Å². The molecule has 0 saturated carbocycles. The maximum atomic E-state index is 13.3. The van der Waals surface area contributed by atoms with Crippen molar-refractivity contribution in [1.29, 1.82) is 0 Å². The van der Waals surface area contributed by atoms with Crippen molar-refractivity contribution in [2.75, 3.05) is 25.0 Å². The van der Waals surface area contributed by atoms with Gasteiger partial charge in [-0.3, -0.25) is 28.9 Å². The number of fused-ring (bicyclic) bond motifs is 1. The summed E-state index contributed by atoms with van der Waals surface area (Å²) < 4.78 is 5.69. The topological polar surface area (TPSA) is 240 Å². The molecule has 5 heterocycles. The number of rotatable bonds is 11. The number of unbranched alkanes of at least 4 members (excludes halogenated alkanes) is 2. The highest BCUT2D eigenvalue weighted by Gasteiger charge is 2.47. The minimum Gasteiger partial charge on any atom is -0.394 e. The monoisotopic (exact) mass is 600 g/mol. The number of ketones is 1. The Balaban J connectivity index is 1.15. The number of amides is 4. The van der Waals surface area contributed by atoms with Crippen molar-refractivity contribution in [3.05, 3.63) is 24.8 Å². The second kappa shape index (κ2) is 12.9. The van der Waals surface area contributed by atoms with E-state index >= 15 is 0 Å². The number of β-amino-alcohol motifs (C(OH)–C–C–N with tert-alkyl or cyclic N) is 1. The molecule has 17 nitrogen and oxygen atoms in total. The fourth-order valence-corrected chi connectivity index (χ4v) is 5.41. The molecule has 17 heteroatoms. The number of H-pyrrole nitrogens is 1. The first-order chi connectivity index (χ1) is 20.7. The van der Waals surface area contributed by atoms with Crippen LogP contribution in [-0.2, 0) is 28.7 Å². The summed E-state index contributed by atoms with van der Waals surface area (Å²) in [6, 6.07) is -2.40. The van der Waals surface area contributed by atoms with Crippen LogP contribution in [0.2, 0.25) is 0 Å². The minimum absolute atomic E-state index is 0.0523. The van der Waals surface area contributed by atoms with Gasteiger partial charge in [0.15, 0.2) is 17.7 Å². The number of carbonyl (C=O) groups is 5. The Labute approximate surface area is 244 Å². The van der Waals surface area contributed by atoms with Crippen molar-refractivity contribution < 1.29 is 44.0 Å². The number of ether oxygens (including phenoxy) is 1. The molecule has 43 heavy (non-hydrogen) atoms. The maximum absolute atomic E-state index is 13.3. The molecule has 2 aromatic heterocycles. The summed E-state index contributed by atoms with van der Waals surface area (Å²) in [4.78, 5) is 79.8. The minimum atomic E-state index is -1.77. The lowest BCUT2D eigenvalue weighted by Crippen LogP contribution is -2.65. The lowest BCUT2D eigenvalue weighted by atomic mass is 9.96. The number of aliphatic hydroxyl groups excluding tert-OH is 3. The molecule has 5 rings (SSSR count). The van der Waals surface area contributed by atoms with Crippen LogP contribution in [0.5, 0.6) is 0 Å². The van der Waals surface area contributed by atoms with Gasteiger partial charge in [0.2, 0.25) is 17.6 Å². The highest BCUT2D eigenvalue weighted by atomic mass is 16.5. The van der Waals surface area contributed by atoms with Crippen molar-refractivity contribution in [3.63, 3.8) is 0 Å². The molecular weight excluding hydrogens is 568 g/mol. The van der Waals surface area contributed by atoms with E-state index < -0.39 is 54.9 Å². The van der Waals surface area contributed by atoms with Gasteiger partial charge in [-0.1, -0.05) is 6.42 Å². The molecule has 2 aromatic rings. The SMILES string of the molecule is O=C(NC1[C@H](CO)OC(Nc2ncnc3nc[nH]c23)C(=O)[C@@H]1O)[C@H]1C[C@@H](O)CN1C(=O)CCCCCN1C(=O)C=CC1=O. The third-order valence-corrected chi connectivity index (χ3v) is 7.66. The van der Waals surface area contributed by atoms with E-state index in [4.69, 9.17) is 4.74 Å². The number of aromatic nitrogens is 4. The number of Topliss-reactive ketones (excluding diaryl/α,β-unsaturated/α-hetero) is 1. The molecule has 230 valence electrons. The molecule has 3 aliphatic rings. The number of anilines is 1. The molecule has 2 fully saturated rings. The molecule has 0 bridgehead atoms. The average molecular weight is 601 g/mol. The van der Waals surface area contributed by atoms with E-state index in [1.54, 1.807) is 0 Å². The molecule has 0 spiro atoms. The summed E-state index contributed by atoms with van der Waals surface area (Å²) in [6.07, 6.45) is 1.21. The Morgan fingerprint density at radius 2 is 1.84 bits per heavy atom. The second-order valence-electron chi connectivity index (χ2n) is 10.5. The number of carbonyl (C=O) groups excluding carboxylic acids is 5. The molecule has 2 unspecified atom stereocenters. The highest BCUT2D eigenvalue weighted by molar-refractivity contribution is 6.12. The van der Waals surface area contributed by atoms with Gasteiger partial charge in [0.1, 0.15) is 30.1 Å². The molecule has 0 aromatic carbocycles. The molecular formula is C26H32N8O9. The first kappa shape index (κ1) is 30.1. The quantitative estimate of drug-likeness (QED) is 0.114. The summed E-state index contributed by atoms with van der Waals surface area (Å²) in [6.45, 7) is -0.485. The van der Waals surface area contributed by atoms with Gasteiger partial charge in [0, 0.05) is 38.1 Å². The normalized spacial score (nSPS) is 27.4. The van der Waals surface area contributed by atoms with E-state index in [2.05, 4.69) is 30.6 Å². The van der Waals surface area contributed by atoms with Crippen molar-refractivity contribution in [1.82, 2.24) is 35.1 Å². The summed E-state index contributed by atoms with van der Waals surface area (Å²) in [7, 11) is 0. The maximum Gasteiger partial charge on any atom is 0.253 e. The number of hydrogen-bond donors (Lipinski definition) is 6. The van der Waals surface area contributed by atoms with Crippen LogP contribution in [-0.4, -0.2) is 131 Å². The zero-order chi connectivity index (χ0) is 30.7. The van der Waals surface area contributed by atoms with Gasteiger partial charge in [-0.15, -0.1) is 0 Å². The van der Waals surface area contributed by atoms with E-state index in [9.17, 15) is 39.3 Å². The zero-order valence-electron chi connectivity index (χ0n) is 23.0. The van der Waals surface area contributed by atoms with Gasteiger partial charge < -0.3 is 40.6 Å². The van der Waals surface area contributed by atoms with Crippen molar-refractivity contribution >= 4 is 46.4 Å². The number of hydrogen-bond acceptors (Lipinski definition) is 13. The molecule has 0 radical (unpaired) electrons. The van der Waals surface area contributed by atoms with E-state index in [-0.39, 0.29) is 49.5 Å². The first-order valence-electron chi connectivity index (χ1n) is 13.9. The Bertz CT molecular complexity index is 1410. The first-order valence-corrected chi connectivity index (χ1v) is 13.9. The van der Waals surface area contributed by atoms with Gasteiger partial charge in [0.25, 0.3) is 11.8 Å². The number of aromatic amines is 1. The number of imide groups is 1. The number of nitrogens with zero attached hydrogens (tertiary/aromatic N) is 5.